The summed E-state index contributed by atoms with van der Waals surface area (Å²) in [4.78, 5) is 10.2. The summed E-state index contributed by atoms with van der Waals surface area (Å²) in [5, 5.41) is 5.13. The van der Waals surface area contributed by atoms with E-state index >= 15 is 0 Å². The molecule has 0 radical (unpaired) electrons. The third-order valence-electron chi connectivity index (χ3n) is 2.86. The molecular weight excluding hydrogens is 306 g/mol. The van der Waals surface area contributed by atoms with E-state index in [9.17, 15) is 4.79 Å². The predicted molar refractivity (Wildman–Crippen MR) is 104 cm³/mol. The second-order valence-corrected chi connectivity index (χ2v) is 5.52. The van der Waals surface area contributed by atoms with Crippen LogP contribution in [-0.4, -0.2) is 18.6 Å². The number of unbranched alkanes of at least 4 members (excludes halogenated alkanes) is 2. The highest BCUT2D eigenvalue weighted by Gasteiger charge is 1.95. The van der Waals surface area contributed by atoms with E-state index in [4.69, 9.17) is 9.88 Å². The Balaban J connectivity index is 0. The molecule has 0 aliphatic carbocycles. The summed E-state index contributed by atoms with van der Waals surface area (Å²) in [5.41, 5.74) is 1.19. The van der Waals surface area contributed by atoms with Crippen LogP contribution in [0.25, 0.3) is 0 Å². The van der Waals surface area contributed by atoms with Crippen molar-refractivity contribution >= 4 is 18.2 Å². The molecule has 0 saturated carbocycles. The number of carbonyl (C=O) groups is 1. The Morgan fingerprint density at radius 2 is 1.70 bits per heavy atom. The number of hydrogen-bond donors (Lipinski definition) is 1. The lowest BCUT2D eigenvalue weighted by Gasteiger charge is -2.05. The van der Waals surface area contributed by atoms with Crippen LogP contribution >= 0.6 is 11.9 Å². The highest BCUT2D eigenvalue weighted by atomic mass is 32.2. The van der Waals surface area contributed by atoms with Gasteiger partial charge >= 0.3 is 0 Å². The minimum atomic E-state index is 0.593. The molecule has 0 saturated heterocycles. The van der Waals surface area contributed by atoms with Gasteiger partial charge in [-0.1, -0.05) is 64.6 Å². The fourth-order valence-corrected chi connectivity index (χ4v) is 2.00. The van der Waals surface area contributed by atoms with E-state index in [-0.39, 0.29) is 0 Å². The number of aryl methyl sites for hydroxylation is 1. The largest absolute Gasteiger partial charge is 0.494 e. The maximum atomic E-state index is 10.2. The number of ether oxygens (including phenoxy) is 1. The number of nitrogens with two attached hydrogens (primary N) is 1. The Morgan fingerprint density at radius 3 is 2.13 bits per heavy atom. The minimum Gasteiger partial charge on any atom is -0.494 e. The van der Waals surface area contributed by atoms with E-state index in [1.54, 1.807) is 0 Å². The minimum absolute atomic E-state index is 0.593. The van der Waals surface area contributed by atoms with Crippen molar-refractivity contribution in [3.8, 4) is 5.75 Å². The topological polar surface area (TPSA) is 52.3 Å². The zero-order chi connectivity index (χ0) is 17.8. The molecule has 0 heterocycles. The third kappa shape index (κ3) is 17.2. The Hall–Kier alpha value is -1.00. The summed E-state index contributed by atoms with van der Waals surface area (Å²) in [6.45, 7) is 9.09. The first-order chi connectivity index (χ1) is 11.3. The number of hydrogen-bond acceptors (Lipinski definition) is 4. The lowest BCUT2D eigenvalue weighted by molar-refractivity contribution is -0.107. The van der Waals surface area contributed by atoms with E-state index < -0.39 is 0 Å². The number of aldehydes is 1. The summed E-state index contributed by atoms with van der Waals surface area (Å²) in [6.07, 6.45) is 7.11. The summed E-state index contributed by atoms with van der Waals surface area (Å²) in [5.74, 6) is 2.02. The number of rotatable bonds is 10. The molecular formula is C19H35NO2S. The molecule has 0 unspecified atom stereocenters. The lowest BCUT2D eigenvalue weighted by Crippen LogP contribution is -1.96. The van der Waals surface area contributed by atoms with Gasteiger partial charge in [0.2, 0.25) is 0 Å². The first-order valence-corrected chi connectivity index (χ1v) is 9.80. The van der Waals surface area contributed by atoms with Crippen molar-refractivity contribution in [1.29, 1.82) is 0 Å². The molecule has 0 bridgehead atoms. The van der Waals surface area contributed by atoms with Crippen LogP contribution in [0, 0.1) is 0 Å². The van der Waals surface area contributed by atoms with E-state index in [1.807, 2.05) is 38.1 Å². The van der Waals surface area contributed by atoms with Crippen LogP contribution in [0.2, 0.25) is 0 Å². The third-order valence-corrected chi connectivity index (χ3v) is 3.38. The summed E-state index contributed by atoms with van der Waals surface area (Å²) in [7, 11) is 0. The highest BCUT2D eigenvalue weighted by molar-refractivity contribution is 7.97. The van der Waals surface area contributed by atoms with Gasteiger partial charge in [0.25, 0.3) is 0 Å². The fourth-order valence-electron chi connectivity index (χ4n) is 1.54. The Kier molecular flexibility index (Phi) is 22.1. The Bertz CT molecular complexity index is 338. The lowest BCUT2D eigenvalue weighted by atomic mass is 10.1. The first-order valence-electron chi connectivity index (χ1n) is 8.75. The number of benzene rings is 1. The Labute approximate surface area is 147 Å². The van der Waals surface area contributed by atoms with Gasteiger partial charge in [-0.2, -0.15) is 0 Å². The average Bonchev–Trinajstić information content (AvgIpc) is 2.62. The van der Waals surface area contributed by atoms with E-state index in [2.05, 4.69) is 13.8 Å². The molecule has 3 nitrogen and oxygen atoms in total. The molecule has 0 atom stereocenters. The van der Waals surface area contributed by atoms with Crippen LogP contribution in [0.15, 0.2) is 24.3 Å². The smallest absolute Gasteiger partial charge is 0.120 e. The predicted octanol–water partition coefficient (Wildman–Crippen LogP) is 5.42. The van der Waals surface area contributed by atoms with Gasteiger partial charge in [0.1, 0.15) is 12.0 Å². The van der Waals surface area contributed by atoms with E-state index in [0.717, 1.165) is 43.7 Å². The van der Waals surface area contributed by atoms with Crippen molar-refractivity contribution < 1.29 is 9.53 Å². The molecule has 1 aromatic rings. The molecule has 1 aromatic carbocycles. The molecule has 2 N–H and O–H groups in total. The zero-order valence-corrected chi connectivity index (χ0v) is 16.2. The molecule has 23 heavy (non-hydrogen) atoms. The average molecular weight is 342 g/mol. The van der Waals surface area contributed by atoms with Gasteiger partial charge in [-0.3, -0.25) is 5.14 Å². The van der Waals surface area contributed by atoms with Crippen molar-refractivity contribution in [2.45, 2.75) is 66.2 Å². The van der Waals surface area contributed by atoms with Gasteiger partial charge in [-0.05, 0) is 37.0 Å². The molecule has 0 aliphatic rings. The van der Waals surface area contributed by atoms with Crippen LogP contribution in [0.3, 0.4) is 0 Å². The van der Waals surface area contributed by atoms with Gasteiger partial charge in [0, 0.05) is 12.2 Å². The number of carbonyl (C=O) groups excluding carboxylic acids is 1. The second-order valence-electron chi connectivity index (χ2n) is 4.78. The Morgan fingerprint density at radius 1 is 1.09 bits per heavy atom. The first kappa shape index (κ1) is 24.3. The molecule has 4 heteroatoms. The van der Waals surface area contributed by atoms with Gasteiger partial charge in [-0.15, -0.1) is 0 Å². The zero-order valence-electron chi connectivity index (χ0n) is 15.3. The molecule has 0 spiro atoms. The molecule has 1 rings (SSSR count). The summed E-state index contributed by atoms with van der Waals surface area (Å²) >= 11 is 1.43. The molecule has 0 amide bonds. The van der Waals surface area contributed by atoms with Gasteiger partial charge in [-0.25, -0.2) is 0 Å². The van der Waals surface area contributed by atoms with Crippen LogP contribution in [-0.2, 0) is 11.2 Å². The van der Waals surface area contributed by atoms with Crippen LogP contribution in [0.1, 0.15) is 65.4 Å². The van der Waals surface area contributed by atoms with Crippen molar-refractivity contribution in [2.75, 3.05) is 12.4 Å². The molecule has 0 aromatic heterocycles. The van der Waals surface area contributed by atoms with Gasteiger partial charge in [0.05, 0.1) is 6.61 Å². The second kappa shape index (κ2) is 21.0. The van der Waals surface area contributed by atoms with Crippen molar-refractivity contribution in [3.05, 3.63) is 29.8 Å². The van der Waals surface area contributed by atoms with Gasteiger partial charge < -0.3 is 9.53 Å². The fraction of sp³-hybridized carbons (Fsp3) is 0.632. The van der Waals surface area contributed by atoms with Gasteiger partial charge in [0.15, 0.2) is 0 Å². The molecule has 0 fully saturated rings. The van der Waals surface area contributed by atoms with Crippen LogP contribution in [0.5, 0.6) is 5.75 Å². The maximum absolute atomic E-state index is 10.2. The quantitative estimate of drug-likeness (QED) is 0.351. The van der Waals surface area contributed by atoms with E-state index in [1.165, 1.54) is 30.4 Å². The van der Waals surface area contributed by atoms with Crippen LogP contribution in [0.4, 0.5) is 0 Å². The standard InChI is InChI=1S/C13H18O2.C4H11NS.C2H6/c1-2-3-11-15-13-8-6-12(7-9-13)5-4-10-14;1-2-3-4-6-5;1-2/h6-10H,2-5,11H2,1H3;2-5H2,1H3;1-2H3. The van der Waals surface area contributed by atoms with E-state index in [0.29, 0.717) is 6.42 Å². The van der Waals surface area contributed by atoms with Crippen LogP contribution < -0.4 is 9.88 Å². The van der Waals surface area contributed by atoms with Crippen molar-refractivity contribution in [3.63, 3.8) is 0 Å². The monoisotopic (exact) mass is 341 g/mol. The molecule has 0 aliphatic heterocycles. The maximum Gasteiger partial charge on any atom is 0.120 e. The highest BCUT2D eigenvalue weighted by Crippen LogP contribution is 2.13. The normalized spacial score (nSPS) is 9.09. The SMILES string of the molecule is CC.CCCCOc1ccc(CCC=O)cc1.CCCCSN. The summed E-state index contributed by atoms with van der Waals surface area (Å²) in [6, 6.07) is 7.97. The van der Waals surface area contributed by atoms with Crippen molar-refractivity contribution in [2.24, 2.45) is 5.14 Å². The summed E-state index contributed by atoms with van der Waals surface area (Å²) < 4.78 is 5.54. The molecule has 134 valence electrons. The van der Waals surface area contributed by atoms with Crippen molar-refractivity contribution in [1.82, 2.24) is 0 Å².